The highest BCUT2D eigenvalue weighted by molar-refractivity contribution is 7.99. The summed E-state index contributed by atoms with van der Waals surface area (Å²) in [6.45, 7) is 20.3. The van der Waals surface area contributed by atoms with Crippen LogP contribution in [0.3, 0.4) is 0 Å². The Hall–Kier alpha value is -4.94. The fraction of sp³-hybridized carbons (Fsp3) is 0.365. The summed E-state index contributed by atoms with van der Waals surface area (Å²) in [6, 6.07) is 27.5. The third-order valence-corrected chi connectivity index (χ3v) is 14.1. The molecule has 3 aliphatic heterocycles. The van der Waals surface area contributed by atoms with Crippen molar-refractivity contribution in [1.29, 1.82) is 0 Å². The van der Waals surface area contributed by atoms with Gasteiger partial charge in [0.25, 0.3) is 0 Å². The first kappa shape index (κ1) is 39.9. The lowest BCUT2D eigenvalue weighted by Gasteiger charge is -2.31. The van der Waals surface area contributed by atoms with Gasteiger partial charge in [-0.15, -0.1) is 0 Å². The van der Waals surface area contributed by atoms with Crippen molar-refractivity contribution in [3.8, 4) is 0 Å². The molecule has 0 saturated carbocycles. The zero-order valence-electron chi connectivity index (χ0n) is 36.7. The Kier molecular flexibility index (Phi) is 10.3. The molecule has 58 heavy (non-hydrogen) atoms. The Morgan fingerprint density at radius 1 is 0.741 bits per heavy atom. The van der Waals surface area contributed by atoms with Gasteiger partial charge in [0, 0.05) is 102 Å². The molecule has 0 amide bonds. The lowest BCUT2D eigenvalue weighted by atomic mass is 9.80. The van der Waals surface area contributed by atoms with Gasteiger partial charge in [-0.05, 0) is 120 Å². The Labute approximate surface area is 352 Å². The van der Waals surface area contributed by atoms with Crippen LogP contribution in [0.4, 0.5) is 22.7 Å². The summed E-state index contributed by atoms with van der Waals surface area (Å²) in [6.07, 6.45) is 11.1. The number of anilines is 3. The van der Waals surface area contributed by atoms with Crippen molar-refractivity contribution in [3.05, 3.63) is 153 Å². The van der Waals surface area contributed by atoms with E-state index in [9.17, 15) is 0 Å². The maximum atomic E-state index is 7.58. The molecule has 300 valence electrons. The van der Waals surface area contributed by atoms with E-state index < -0.39 is 0 Å². The van der Waals surface area contributed by atoms with Gasteiger partial charge in [0.2, 0.25) is 5.69 Å². The second-order valence-electron chi connectivity index (χ2n) is 17.9. The molecule has 0 bridgehead atoms. The van der Waals surface area contributed by atoms with Gasteiger partial charge in [-0.3, -0.25) is 0 Å². The van der Waals surface area contributed by atoms with Gasteiger partial charge in [0.15, 0.2) is 11.8 Å². The molecule has 4 aliphatic rings. The van der Waals surface area contributed by atoms with Crippen molar-refractivity contribution in [2.24, 2.45) is 0 Å². The van der Waals surface area contributed by atoms with Gasteiger partial charge in [-0.25, -0.2) is 0 Å². The molecule has 0 fully saturated rings. The maximum absolute atomic E-state index is 7.58. The average Bonchev–Trinajstić information content (AvgIpc) is 3.74. The minimum Gasteiger partial charge on any atom is -0.480 e. The molecule has 0 aromatic heterocycles. The predicted octanol–water partition coefficient (Wildman–Crippen LogP) is 12.3. The van der Waals surface area contributed by atoms with Gasteiger partial charge >= 0.3 is 0 Å². The van der Waals surface area contributed by atoms with E-state index in [1.165, 1.54) is 88.5 Å². The van der Waals surface area contributed by atoms with Gasteiger partial charge in [0.1, 0.15) is 12.3 Å². The maximum Gasteiger partial charge on any atom is 0.209 e. The zero-order chi connectivity index (χ0) is 41.3. The van der Waals surface area contributed by atoms with E-state index in [4.69, 9.17) is 4.74 Å². The molecular weight excluding hydrogens is 729 g/mol. The largest absolute Gasteiger partial charge is 0.480 e. The molecule has 0 radical (unpaired) electrons. The molecule has 0 N–H and O–H groups in total. The average molecular weight is 790 g/mol. The monoisotopic (exact) mass is 789 g/mol. The van der Waals surface area contributed by atoms with Crippen LogP contribution in [0.1, 0.15) is 93.9 Å². The molecule has 3 heterocycles. The van der Waals surface area contributed by atoms with E-state index in [1.807, 2.05) is 11.8 Å². The summed E-state index contributed by atoms with van der Waals surface area (Å²) in [7, 11) is 8.46. The molecule has 0 spiro atoms. The molecular formula is C52H61N4OS+. The number of fused-ring (bicyclic) bond motifs is 4. The number of aryl methyl sites for hydroxylation is 2. The Bertz CT molecular complexity index is 2420. The lowest BCUT2D eigenvalue weighted by Crippen LogP contribution is -2.27. The molecule has 8 rings (SSSR count). The van der Waals surface area contributed by atoms with Gasteiger partial charge < -0.3 is 19.4 Å². The highest BCUT2D eigenvalue weighted by atomic mass is 32.2. The van der Waals surface area contributed by atoms with Crippen molar-refractivity contribution in [3.63, 3.8) is 0 Å². The van der Waals surface area contributed by atoms with Crippen LogP contribution in [0.15, 0.2) is 129 Å². The van der Waals surface area contributed by atoms with Crippen molar-refractivity contribution < 1.29 is 9.31 Å². The summed E-state index contributed by atoms with van der Waals surface area (Å²) in [5.74, 6) is 1.01. The van der Waals surface area contributed by atoms with E-state index in [1.54, 1.807) is 0 Å². The van der Waals surface area contributed by atoms with Crippen LogP contribution in [-0.2, 0) is 15.6 Å². The lowest BCUT2D eigenvalue weighted by molar-refractivity contribution is -0.433. The predicted molar refractivity (Wildman–Crippen MR) is 247 cm³/mol. The zero-order valence-corrected chi connectivity index (χ0v) is 37.6. The van der Waals surface area contributed by atoms with E-state index in [0.29, 0.717) is 0 Å². The second-order valence-corrected chi connectivity index (χ2v) is 19.0. The fourth-order valence-electron chi connectivity index (χ4n) is 9.53. The third kappa shape index (κ3) is 6.71. The van der Waals surface area contributed by atoms with Crippen LogP contribution in [0.25, 0.3) is 0 Å². The smallest absolute Gasteiger partial charge is 0.209 e. The molecule has 0 atom stereocenters. The molecule has 4 aromatic rings. The summed E-state index contributed by atoms with van der Waals surface area (Å²) in [5.41, 5.74) is 17.8. The minimum atomic E-state index is -0.247. The van der Waals surface area contributed by atoms with E-state index >= 15 is 0 Å². The number of rotatable bonds is 9. The van der Waals surface area contributed by atoms with Crippen molar-refractivity contribution in [2.75, 3.05) is 56.0 Å². The van der Waals surface area contributed by atoms with Gasteiger partial charge in [-0.2, -0.15) is 4.58 Å². The second kappa shape index (κ2) is 15.0. The van der Waals surface area contributed by atoms with Crippen LogP contribution in [0.5, 0.6) is 0 Å². The molecule has 5 nitrogen and oxygen atoms in total. The first-order valence-electron chi connectivity index (χ1n) is 21.1. The molecule has 4 aromatic carbocycles. The van der Waals surface area contributed by atoms with Crippen LogP contribution >= 0.6 is 11.8 Å². The molecule has 1 aliphatic carbocycles. The number of ether oxygens (including phenoxy) is 1. The standard InChI is InChI=1S/C52H61N4OS/c1-13-55-43-25-15-33(3)29-41(43)51(5,6)47(55)27-19-35-17-18-36(20-28-48-52(7,8)42-30-34(4)16-26-44(42)56(48)14-2)49(35)57-50-39-23-21-37(53(9)10)31-45(39)58-46-32-38(54(11)12)22-24-40(46)50/h15-16,19-32,50H,13-14,17-18H2,1-12H3/q+1. The topological polar surface area (TPSA) is 22.0 Å². The first-order chi connectivity index (χ1) is 27.6. The van der Waals surface area contributed by atoms with Gasteiger partial charge in [0.05, 0.1) is 5.41 Å². The molecule has 0 saturated heterocycles. The summed E-state index contributed by atoms with van der Waals surface area (Å²) in [4.78, 5) is 9.36. The number of benzene rings is 4. The number of allylic oxidation sites excluding steroid dienone is 7. The fourth-order valence-corrected chi connectivity index (χ4v) is 10.7. The van der Waals surface area contributed by atoms with Crippen molar-refractivity contribution in [1.82, 2.24) is 0 Å². The van der Waals surface area contributed by atoms with Crippen LogP contribution in [0, 0.1) is 13.8 Å². The van der Waals surface area contributed by atoms with E-state index in [2.05, 4.69) is 200 Å². The summed E-state index contributed by atoms with van der Waals surface area (Å²) < 4.78 is 10.1. The van der Waals surface area contributed by atoms with Gasteiger partial charge in [-0.1, -0.05) is 73.1 Å². The Morgan fingerprint density at radius 2 is 1.36 bits per heavy atom. The SMILES string of the molecule is CCN1/C(=C/C=C2\CCC(/C=C/C3=[N+](CC)c4ccc(C)cc4C3(C)C)=C2OC2c3ccc(N(C)C)cc3Sc3cc(N(C)C)ccc32)C(C)(C)c2cc(C)ccc21. The molecule has 6 heteroatoms. The first-order valence-corrected chi connectivity index (χ1v) is 21.9. The Balaban J connectivity index is 1.27. The van der Waals surface area contributed by atoms with E-state index in [0.717, 1.165) is 31.7 Å². The molecule has 0 unspecified atom stereocenters. The highest BCUT2D eigenvalue weighted by Crippen LogP contribution is 2.52. The van der Waals surface area contributed by atoms with Crippen molar-refractivity contribution >= 4 is 40.2 Å². The quantitative estimate of drug-likeness (QED) is 0.157. The van der Waals surface area contributed by atoms with Crippen LogP contribution in [-0.4, -0.2) is 51.6 Å². The number of hydrogen-bond acceptors (Lipinski definition) is 5. The minimum absolute atomic E-state index is 0.116. The van der Waals surface area contributed by atoms with Crippen molar-refractivity contribution in [2.45, 2.75) is 95.0 Å². The summed E-state index contributed by atoms with van der Waals surface area (Å²) >= 11 is 1.86. The Morgan fingerprint density at radius 3 is 1.97 bits per heavy atom. The highest BCUT2D eigenvalue weighted by Gasteiger charge is 2.44. The van der Waals surface area contributed by atoms with E-state index in [-0.39, 0.29) is 16.9 Å². The number of likely N-dealkylation sites (N-methyl/N-ethyl adjacent to an activating group) is 1. The van der Waals surface area contributed by atoms with Crippen LogP contribution in [0.2, 0.25) is 0 Å². The number of nitrogens with zero attached hydrogens (tertiary/aromatic N) is 4. The number of hydrogen-bond donors (Lipinski definition) is 0. The normalized spacial score (nSPS) is 19.3. The third-order valence-electron chi connectivity index (χ3n) is 12.9. The van der Waals surface area contributed by atoms with Crippen LogP contribution < -0.4 is 14.7 Å². The summed E-state index contributed by atoms with van der Waals surface area (Å²) in [5, 5.41) is 0.